The van der Waals surface area contributed by atoms with Crippen molar-refractivity contribution in [3.05, 3.63) is 0 Å². The number of fused-ring (bicyclic) bond motifs is 5. The molecule has 4 fully saturated rings. The second kappa shape index (κ2) is 3.96. The maximum Gasteiger partial charge on any atom is 0.0209 e. The summed E-state index contributed by atoms with van der Waals surface area (Å²) in [6, 6.07) is 1.68. The molecule has 2 heteroatoms. The Morgan fingerprint density at radius 3 is 2.71 bits per heavy atom. The van der Waals surface area contributed by atoms with Gasteiger partial charge >= 0.3 is 0 Å². The molecule has 1 aliphatic heterocycles. The van der Waals surface area contributed by atoms with Gasteiger partial charge in [-0.25, -0.2) is 0 Å². The van der Waals surface area contributed by atoms with Crippen molar-refractivity contribution in [3.63, 3.8) is 0 Å². The van der Waals surface area contributed by atoms with Crippen LogP contribution in [0.3, 0.4) is 0 Å². The van der Waals surface area contributed by atoms with Crippen LogP contribution in [0.1, 0.15) is 38.5 Å². The Hall–Kier alpha value is -0.0800. The molecule has 17 heavy (non-hydrogen) atoms. The lowest BCUT2D eigenvalue weighted by atomic mass is 9.79. The number of likely N-dealkylation sites (N-methyl/N-ethyl adjacent to an activating group) is 1. The minimum Gasteiger partial charge on any atom is -0.310 e. The van der Waals surface area contributed by atoms with Gasteiger partial charge in [0.2, 0.25) is 0 Å². The number of nitrogens with zero attached hydrogens (tertiary/aromatic N) is 1. The van der Waals surface area contributed by atoms with Crippen LogP contribution in [-0.4, -0.2) is 37.1 Å². The lowest BCUT2D eigenvalue weighted by molar-refractivity contribution is 0.198. The molecule has 0 aromatic rings. The first kappa shape index (κ1) is 10.8. The van der Waals surface area contributed by atoms with Crippen molar-refractivity contribution < 1.29 is 0 Å². The van der Waals surface area contributed by atoms with Crippen LogP contribution in [0.15, 0.2) is 0 Å². The van der Waals surface area contributed by atoms with Gasteiger partial charge in [-0.1, -0.05) is 6.42 Å². The van der Waals surface area contributed by atoms with E-state index in [9.17, 15) is 0 Å². The van der Waals surface area contributed by atoms with Gasteiger partial charge in [0.15, 0.2) is 0 Å². The van der Waals surface area contributed by atoms with Crippen LogP contribution < -0.4 is 5.32 Å². The molecule has 4 aliphatic rings. The average Bonchev–Trinajstić information content (AvgIpc) is 2.99. The molecule has 0 aromatic heterocycles. The number of nitrogens with one attached hydrogen (secondary N) is 1. The number of hydrogen-bond acceptors (Lipinski definition) is 2. The fourth-order valence-electron chi connectivity index (χ4n) is 5.63. The van der Waals surface area contributed by atoms with Crippen LogP contribution in [0, 0.1) is 23.7 Å². The van der Waals surface area contributed by atoms with Gasteiger partial charge in [-0.2, -0.15) is 0 Å². The fourth-order valence-corrected chi connectivity index (χ4v) is 5.63. The van der Waals surface area contributed by atoms with Crippen LogP contribution in [-0.2, 0) is 0 Å². The highest BCUT2D eigenvalue weighted by Crippen LogP contribution is 2.58. The topological polar surface area (TPSA) is 15.3 Å². The molecule has 4 rings (SSSR count). The SMILES string of the molecule is CN1CCC(NC2CC3CC2C2CCCC32)C1. The van der Waals surface area contributed by atoms with E-state index in [-0.39, 0.29) is 0 Å². The summed E-state index contributed by atoms with van der Waals surface area (Å²) >= 11 is 0. The van der Waals surface area contributed by atoms with E-state index < -0.39 is 0 Å². The van der Waals surface area contributed by atoms with E-state index in [0.717, 1.165) is 35.8 Å². The van der Waals surface area contributed by atoms with E-state index in [1.54, 1.807) is 19.3 Å². The maximum absolute atomic E-state index is 4.01. The Morgan fingerprint density at radius 2 is 1.88 bits per heavy atom. The third kappa shape index (κ3) is 1.67. The molecule has 2 bridgehead atoms. The van der Waals surface area contributed by atoms with Crippen molar-refractivity contribution in [2.45, 2.75) is 50.6 Å². The summed E-state index contributed by atoms with van der Waals surface area (Å²) in [5.74, 6) is 4.41. The summed E-state index contributed by atoms with van der Waals surface area (Å²) in [5.41, 5.74) is 0. The molecule has 0 spiro atoms. The zero-order chi connectivity index (χ0) is 11.4. The summed E-state index contributed by atoms with van der Waals surface area (Å²) in [7, 11) is 2.26. The first-order valence-electron chi connectivity index (χ1n) is 7.76. The fraction of sp³-hybridized carbons (Fsp3) is 1.00. The summed E-state index contributed by atoms with van der Waals surface area (Å²) in [6.07, 6.45) is 9.08. The molecule has 1 heterocycles. The molecule has 6 atom stereocenters. The van der Waals surface area contributed by atoms with E-state index in [2.05, 4.69) is 17.3 Å². The van der Waals surface area contributed by atoms with Gasteiger partial charge in [-0.3, -0.25) is 0 Å². The average molecular weight is 234 g/mol. The Balaban J connectivity index is 1.41. The summed E-state index contributed by atoms with van der Waals surface area (Å²) in [4.78, 5) is 2.48. The van der Waals surface area contributed by atoms with Crippen LogP contribution in [0.5, 0.6) is 0 Å². The Kier molecular flexibility index (Phi) is 2.52. The van der Waals surface area contributed by atoms with Gasteiger partial charge in [0.25, 0.3) is 0 Å². The van der Waals surface area contributed by atoms with Crippen LogP contribution in [0.4, 0.5) is 0 Å². The first-order valence-corrected chi connectivity index (χ1v) is 7.76. The number of likely N-dealkylation sites (tertiary alicyclic amines) is 1. The number of hydrogen-bond donors (Lipinski definition) is 1. The van der Waals surface area contributed by atoms with Crippen LogP contribution in [0.2, 0.25) is 0 Å². The van der Waals surface area contributed by atoms with Gasteiger partial charge < -0.3 is 10.2 Å². The Bertz CT molecular complexity index is 303. The molecule has 0 amide bonds. The van der Waals surface area contributed by atoms with Crippen molar-refractivity contribution in [1.82, 2.24) is 10.2 Å². The third-order valence-electron chi connectivity index (χ3n) is 6.27. The summed E-state index contributed by atoms with van der Waals surface area (Å²) in [6.45, 7) is 2.58. The van der Waals surface area contributed by atoms with Crippen molar-refractivity contribution in [1.29, 1.82) is 0 Å². The largest absolute Gasteiger partial charge is 0.310 e. The van der Waals surface area contributed by atoms with Gasteiger partial charge in [-0.05, 0) is 69.4 Å². The Labute approximate surface area is 105 Å². The van der Waals surface area contributed by atoms with Crippen molar-refractivity contribution in [3.8, 4) is 0 Å². The molecular formula is C15H26N2. The van der Waals surface area contributed by atoms with E-state index in [1.165, 1.54) is 32.4 Å². The number of rotatable bonds is 2. The summed E-state index contributed by atoms with van der Waals surface area (Å²) in [5, 5.41) is 4.01. The summed E-state index contributed by atoms with van der Waals surface area (Å²) < 4.78 is 0. The monoisotopic (exact) mass is 234 g/mol. The normalized spacial score (nSPS) is 53.5. The van der Waals surface area contributed by atoms with Crippen molar-refractivity contribution in [2.75, 3.05) is 20.1 Å². The van der Waals surface area contributed by atoms with Gasteiger partial charge in [0.1, 0.15) is 0 Å². The van der Waals surface area contributed by atoms with Gasteiger partial charge in [0, 0.05) is 18.6 Å². The van der Waals surface area contributed by atoms with E-state index in [0.29, 0.717) is 0 Å². The standard InChI is InChI=1S/C15H26N2/c1-17-6-5-11(9-17)16-15-8-10-7-14(15)13-4-2-3-12(10)13/h10-16H,2-9H2,1H3. The molecule has 96 valence electrons. The highest BCUT2D eigenvalue weighted by molar-refractivity contribution is 5.06. The van der Waals surface area contributed by atoms with E-state index >= 15 is 0 Å². The minimum absolute atomic E-state index is 0.796. The smallest absolute Gasteiger partial charge is 0.0209 e. The zero-order valence-corrected chi connectivity index (χ0v) is 11.1. The predicted octanol–water partition coefficient (Wildman–Crippen LogP) is 2.10. The highest BCUT2D eigenvalue weighted by atomic mass is 15.2. The lowest BCUT2D eigenvalue weighted by Gasteiger charge is -2.34. The Morgan fingerprint density at radius 1 is 1.00 bits per heavy atom. The maximum atomic E-state index is 4.01. The molecular weight excluding hydrogens is 208 g/mol. The van der Waals surface area contributed by atoms with Crippen LogP contribution >= 0.6 is 0 Å². The molecule has 0 aromatic carbocycles. The minimum atomic E-state index is 0.796. The lowest BCUT2D eigenvalue weighted by Crippen LogP contribution is -2.45. The zero-order valence-electron chi connectivity index (χ0n) is 11.1. The molecule has 0 radical (unpaired) electrons. The first-order chi connectivity index (χ1) is 8.31. The molecule has 6 unspecified atom stereocenters. The second-order valence-electron chi connectivity index (χ2n) is 7.17. The quantitative estimate of drug-likeness (QED) is 0.787. The van der Waals surface area contributed by atoms with Crippen molar-refractivity contribution >= 4 is 0 Å². The second-order valence-corrected chi connectivity index (χ2v) is 7.17. The van der Waals surface area contributed by atoms with E-state index in [1.807, 2.05) is 0 Å². The molecule has 3 saturated carbocycles. The molecule has 1 N–H and O–H groups in total. The third-order valence-corrected chi connectivity index (χ3v) is 6.27. The molecule has 2 nitrogen and oxygen atoms in total. The van der Waals surface area contributed by atoms with Crippen molar-refractivity contribution in [2.24, 2.45) is 23.7 Å². The van der Waals surface area contributed by atoms with Crippen LogP contribution in [0.25, 0.3) is 0 Å². The molecule has 1 saturated heterocycles. The highest BCUT2D eigenvalue weighted by Gasteiger charge is 2.53. The van der Waals surface area contributed by atoms with Gasteiger partial charge in [-0.15, -0.1) is 0 Å². The van der Waals surface area contributed by atoms with E-state index in [4.69, 9.17) is 0 Å². The molecule has 3 aliphatic carbocycles. The predicted molar refractivity (Wildman–Crippen MR) is 69.9 cm³/mol. The van der Waals surface area contributed by atoms with Gasteiger partial charge in [0.05, 0.1) is 0 Å².